The Balaban J connectivity index is 1.69. The Labute approximate surface area is 85.5 Å². The van der Waals surface area contributed by atoms with Crippen LogP contribution in [0, 0.1) is 11.8 Å². The van der Waals surface area contributed by atoms with Crippen LogP contribution in [0.5, 0.6) is 0 Å². The summed E-state index contributed by atoms with van der Waals surface area (Å²) in [4.78, 5) is 0. The zero-order valence-electron chi connectivity index (χ0n) is 8.45. The lowest BCUT2D eigenvalue weighted by molar-refractivity contribution is 0.440. The van der Waals surface area contributed by atoms with Crippen LogP contribution in [0.3, 0.4) is 0 Å². The van der Waals surface area contributed by atoms with Gasteiger partial charge in [0.15, 0.2) is 0 Å². The van der Waals surface area contributed by atoms with Crippen LogP contribution in [-0.4, -0.2) is 6.04 Å². The summed E-state index contributed by atoms with van der Waals surface area (Å²) in [7, 11) is 0. The second kappa shape index (κ2) is 3.30. The molecular weight excluding hydrogens is 170 g/mol. The Kier molecular flexibility index (Phi) is 1.97. The molecule has 0 spiro atoms. The van der Waals surface area contributed by atoms with Crippen LogP contribution in [0.4, 0.5) is 5.69 Å². The van der Waals surface area contributed by atoms with Gasteiger partial charge in [0, 0.05) is 11.7 Å². The highest BCUT2D eigenvalue weighted by molar-refractivity contribution is 5.44. The van der Waals surface area contributed by atoms with Gasteiger partial charge in [-0.25, -0.2) is 0 Å². The molecule has 1 aromatic rings. The van der Waals surface area contributed by atoms with Gasteiger partial charge in [-0.15, -0.1) is 0 Å². The van der Waals surface area contributed by atoms with Crippen LogP contribution in [0.25, 0.3) is 0 Å². The number of hydrogen-bond acceptors (Lipinski definition) is 1. The van der Waals surface area contributed by atoms with Gasteiger partial charge >= 0.3 is 0 Å². The zero-order valence-corrected chi connectivity index (χ0v) is 8.45. The van der Waals surface area contributed by atoms with Crippen LogP contribution in [0.15, 0.2) is 30.3 Å². The molecule has 0 aromatic heterocycles. The summed E-state index contributed by atoms with van der Waals surface area (Å²) in [6, 6.07) is 11.4. The second-order valence-electron chi connectivity index (χ2n) is 4.79. The minimum absolute atomic E-state index is 0.760. The van der Waals surface area contributed by atoms with E-state index in [1.54, 1.807) is 0 Å². The summed E-state index contributed by atoms with van der Waals surface area (Å²) in [5.41, 5.74) is 1.30. The maximum atomic E-state index is 3.67. The van der Waals surface area contributed by atoms with Gasteiger partial charge in [-0.1, -0.05) is 24.6 Å². The Morgan fingerprint density at radius 3 is 2.50 bits per heavy atom. The third kappa shape index (κ3) is 1.41. The number of anilines is 1. The number of benzene rings is 1. The quantitative estimate of drug-likeness (QED) is 0.749. The highest BCUT2D eigenvalue weighted by Crippen LogP contribution is 2.45. The van der Waals surface area contributed by atoms with Gasteiger partial charge in [0.25, 0.3) is 0 Å². The maximum Gasteiger partial charge on any atom is 0.0342 e. The van der Waals surface area contributed by atoms with Crippen molar-refractivity contribution in [2.75, 3.05) is 5.32 Å². The number of fused-ring (bicyclic) bond motifs is 2. The molecule has 0 saturated heterocycles. The Hall–Kier alpha value is -0.980. The number of rotatable bonds is 2. The first-order valence-electron chi connectivity index (χ1n) is 5.73. The van der Waals surface area contributed by atoms with E-state index in [0.717, 1.165) is 17.9 Å². The van der Waals surface area contributed by atoms with Gasteiger partial charge < -0.3 is 5.32 Å². The second-order valence-corrected chi connectivity index (χ2v) is 4.79. The maximum absolute atomic E-state index is 3.67. The van der Waals surface area contributed by atoms with Crippen LogP contribution in [-0.2, 0) is 0 Å². The molecule has 1 nitrogen and oxygen atoms in total. The molecule has 2 bridgehead atoms. The number of para-hydroxylation sites is 1. The van der Waals surface area contributed by atoms with E-state index in [1.807, 2.05) is 0 Å². The fraction of sp³-hybridized carbons (Fsp3) is 0.538. The summed E-state index contributed by atoms with van der Waals surface area (Å²) in [6.45, 7) is 0. The lowest BCUT2D eigenvalue weighted by atomic mass is 9.95. The largest absolute Gasteiger partial charge is 0.382 e. The summed E-state index contributed by atoms with van der Waals surface area (Å²) < 4.78 is 0. The van der Waals surface area contributed by atoms with E-state index in [9.17, 15) is 0 Å². The van der Waals surface area contributed by atoms with Crippen LogP contribution < -0.4 is 5.32 Å². The molecule has 0 unspecified atom stereocenters. The van der Waals surface area contributed by atoms with Crippen molar-refractivity contribution in [1.82, 2.24) is 0 Å². The van der Waals surface area contributed by atoms with Crippen molar-refractivity contribution in [2.45, 2.75) is 31.7 Å². The molecule has 0 amide bonds. The molecule has 1 N–H and O–H groups in total. The summed E-state index contributed by atoms with van der Waals surface area (Å²) in [5.74, 6) is 1.99. The van der Waals surface area contributed by atoms with Crippen molar-refractivity contribution in [3.63, 3.8) is 0 Å². The predicted molar refractivity (Wildman–Crippen MR) is 59.3 cm³/mol. The third-order valence-corrected chi connectivity index (χ3v) is 3.86. The first kappa shape index (κ1) is 8.34. The summed E-state index contributed by atoms with van der Waals surface area (Å²) in [6.07, 6.45) is 5.82. The van der Waals surface area contributed by atoms with E-state index in [2.05, 4.69) is 35.6 Å². The Morgan fingerprint density at radius 1 is 1.00 bits per heavy atom. The molecule has 0 aliphatic heterocycles. The van der Waals surface area contributed by atoms with Gasteiger partial charge in [0.1, 0.15) is 0 Å². The molecular formula is C13H17N. The van der Waals surface area contributed by atoms with Gasteiger partial charge in [0.05, 0.1) is 0 Å². The normalized spacial score (nSPS) is 34.7. The standard InChI is InChI=1S/C13H17N/c1-2-4-12(5-3-1)14-13-9-10-6-7-11(13)8-10/h1-5,10-11,13-14H,6-9H2/t10-,11+,13+/m1/s1. The van der Waals surface area contributed by atoms with Crippen LogP contribution in [0.2, 0.25) is 0 Å². The molecule has 3 rings (SSSR count). The zero-order chi connectivity index (χ0) is 9.38. The Morgan fingerprint density at radius 2 is 1.86 bits per heavy atom. The van der Waals surface area contributed by atoms with Gasteiger partial charge in [-0.3, -0.25) is 0 Å². The predicted octanol–water partition coefficient (Wildman–Crippen LogP) is 3.29. The van der Waals surface area contributed by atoms with Crippen molar-refractivity contribution in [1.29, 1.82) is 0 Å². The third-order valence-electron chi connectivity index (χ3n) is 3.86. The Bertz CT molecular complexity index is 306. The van der Waals surface area contributed by atoms with Crippen molar-refractivity contribution >= 4 is 5.69 Å². The molecule has 2 fully saturated rings. The highest BCUT2D eigenvalue weighted by atomic mass is 14.9. The van der Waals surface area contributed by atoms with Gasteiger partial charge in [-0.2, -0.15) is 0 Å². The van der Waals surface area contributed by atoms with Crippen molar-refractivity contribution in [3.05, 3.63) is 30.3 Å². The minimum Gasteiger partial charge on any atom is -0.382 e. The average molecular weight is 187 g/mol. The molecule has 2 aliphatic carbocycles. The molecule has 74 valence electrons. The minimum atomic E-state index is 0.760. The topological polar surface area (TPSA) is 12.0 Å². The summed E-state index contributed by atoms with van der Waals surface area (Å²) >= 11 is 0. The molecule has 1 aromatic carbocycles. The lowest BCUT2D eigenvalue weighted by Crippen LogP contribution is -2.25. The van der Waals surface area contributed by atoms with E-state index in [0.29, 0.717) is 0 Å². The first-order valence-corrected chi connectivity index (χ1v) is 5.73. The molecule has 2 saturated carbocycles. The fourth-order valence-corrected chi connectivity index (χ4v) is 3.17. The lowest BCUT2D eigenvalue weighted by Gasteiger charge is -2.23. The van der Waals surface area contributed by atoms with E-state index in [-0.39, 0.29) is 0 Å². The first-order chi connectivity index (χ1) is 6.92. The van der Waals surface area contributed by atoms with Crippen LogP contribution >= 0.6 is 0 Å². The number of hydrogen-bond donors (Lipinski definition) is 1. The van der Waals surface area contributed by atoms with E-state index in [1.165, 1.54) is 31.4 Å². The fourth-order valence-electron chi connectivity index (χ4n) is 3.17. The smallest absolute Gasteiger partial charge is 0.0342 e. The van der Waals surface area contributed by atoms with Crippen molar-refractivity contribution in [3.8, 4) is 0 Å². The molecule has 14 heavy (non-hydrogen) atoms. The van der Waals surface area contributed by atoms with Crippen molar-refractivity contribution < 1.29 is 0 Å². The van der Waals surface area contributed by atoms with Crippen LogP contribution in [0.1, 0.15) is 25.7 Å². The SMILES string of the molecule is c1ccc(N[C@H]2C[C@@H]3CC[C@H]2C3)cc1. The molecule has 0 heterocycles. The molecule has 1 heteroatoms. The number of nitrogens with one attached hydrogen (secondary N) is 1. The van der Waals surface area contributed by atoms with E-state index < -0.39 is 0 Å². The van der Waals surface area contributed by atoms with E-state index in [4.69, 9.17) is 0 Å². The monoisotopic (exact) mass is 187 g/mol. The molecule has 0 radical (unpaired) electrons. The summed E-state index contributed by atoms with van der Waals surface area (Å²) in [5, 5.41) is 3.67. The van der Waals surface area contributed by atoms with Gasteiger partial charge in [-0.05, 0) is 43.2 Å². The van der Waals surface area contributed by atoms with E-state index >= 15 is 0 Å². The molecule has 2 aliphatic rings. The van der Waals surface area contributed by atoms with Gasteiger partial charge in [0.2, 0.25) is 0 Å². The average Bonchev–Trinajstić information content (AvgIpc) is 2.81. The highest BCUT2D eigenvalue weighted by Gasteiger charge is 2.39. The van der Waals surface area contributed by atoms with Crippen molar-refractivity contribution in [2.24, 2.45) is 11.8 Å². The molecule has 3 atom stereocenters.